The predicted molar refractivity (Wildman–Crippen MR) is 136 cm³/mol. The number of ether oxygens (including phenoxy) is 2. The molecule has 0 bridgehead atoms. The van der Waals surface area contributed by atoms with Gasteiger partial charge in [0.15, 0.2) is 23.2 Å². The molecule has 35 heavy (non-hydrogen) atoms. The number of nitrogens with one attached hydrogen (secondary N) is 3. The van der Waals surface area contributed by atoms with Crippen LogP contribution in [0.2, 0.25) is 0 Å². The van der Waals surface area contributed by atoms with Crippen LogP contribution in [0.4, 0.5) is 5.13 Å². The number of carbonyl (C=O) groups is 2. The van der Waals surface area contributed by atoms with Crippen LogP contribution >= 0.6 is 11.3 Å². The Labute approximate surface area is 210 Å². The van der Waals surface area contributed by atoms with E-state index in [1.165, 1.54) is 50.5 Å². The van der Waals surface area contributed by atoms with Gasteiger partial charge in [-0.3, -0.25) is 15.0 Å². The Hall–Kier alpha value is -2.69. The molecule has 0 atom stereocenters. The van der Waals surface area contributed by atoms with Gasteiger partial charge in [0, 0.05) is 4.88 Å². The molecule has 0 saturated carbocycles. The first-order valence-corrected chi connectivity index (χ1v) is 13.1. The van der Waals surface area contributed by atoms with Crippen LogP contribution in [0, 0.1) is 0 Å². The first kappa shape index (κ1) is 26.9. The van der Waals surface area contributed by atoms with Crippen molar-refractivity contribution in [3.63, 3.8) is 0 Å². The molecule has 0 fully saturated rings. The van der Waals surface area contributed by atoms with Crippen molar-refractivity contribution in [2.75, 3.05) is 25.6 Å². The van der Waals surface area contributed by atoms with Crippen molar-refractivity contribution >= 4 is 28.3 Å². The number of carbonyl (C=O) groups excluding carboxylic acids is 2. The minimum Gasteiger partial charge on any atom is -0.493 e. The molecule has 0 unspecified atom stereocenters. The number of anilines is 1. The summed E-state index contributed by atoms with van der Waals surface area (Å²) in [5.41, 5.74) is 6.86. The van der Waals surface area contributed by atoms with Gasteiger partial charge in [0.2, 0.25) is 5.91 Å². The quantitative estimate of drug-likeness (QED) is 0.386. The molecule has 10 heteroatoms. The number of nitrogens with zero attached hydrogens (tertiary/aromatic N) is 1. The van der Waals surface area contributed by atoms with Gasteiger partial charge in [-0.25, -0.2) is 10.4 Å². The van der Waals surface area contributed by atoms with Gasteiger partial charge in [-0.05, 0) is 43.4 Å². The summed E-state index contributed by atoms with van der Waals surface area (Å²) in [6.07, 6.45) is 12.0. The number of rotatable bonds is 9. The van der Waals surface area contributed by atoms with Crippen LogP contribution in [0.3, 0.4) is 0 Å². The highest BCUT2D eigenvalue weighted by molar-refractivity contribution is 7.15. The second-order valence-corrected chi connectivity index (χ2v) is 9.68. The molecular weight excluding hydrogens is 468 g/mol. The third-order valence-corrected chi connectivity index (χ3v) is 6.91. The zero-order valence-corrected chi connectivity index (χ0v) is 21.2. The summed E-state index contributed by atoms with van der Waals surface area (Å²) >= 11 is 1.56. The van der Waals surface area contributed by atoms with Gasteiger partial charge in [0.05, 0.1) is 26.0 Å². The number of thiazole rings is 1. The number of benzene rings is 1. The molecule has 1 aromatic carbocycles. The largest absolute Gasteiger partial charge is 0.493 e. The van der Waals surface area contributed by atoms with Crippen LogP contribution in [0.25, 0.3) is 0 Å². The Morgan fingerprint density at radius 2 is 1.71 bits per heavy atom. The van der Waals surface area contributed by atoms with Crippen molar-refractivity contribution in [1.29, 1.82) is 0 Å². The van der Waals surface area contributed by atoms with E-state index in [2.05, 4.69) is 21.2 Å². The smallest absolute Gasteiger partial charge is 0.272 e. The number of hydrogen-bond donors (Lipinski definition) is 4. The number of aryl methyl sites for hydroxylation is 2. The Balaban J connectivity index is 1.41. The number of methoxy groups -OCH3 is 1. The van der Waals surface area contributed by atoms with Crippen molar-refractivity contribution in [3.8, 4) is 11.5 Å². The molecule has 3 rings (SSSR count). The van der Waals surface area contributed by atoms with Crippen LogP contribution in [0.5, 0.6) is 11.5 Å². The lowest BCUT2D eigenvalue weighted by Gasteiger charge is -2.12. The van der Waals surface area contributed by atoms with E-state index in [4.69, 9.17) is 9.47 Å². The highest BCUT2D eigenvalue weighted by Gasteiger charge is 2.14. The number of aromatic nitrogens is 1. The summed E-state index contributed by atoms with van der Waals surface area (Å²) in [6.45, 7) is -0.472. The zero-order chi connectivity index (χ0) is 24.9. The van der Waals surface area contributed by atoms with Crippen LogP contribution in [-0.4, -0.2) is 42.2 Å². The second kappa shape index (κ2) is 14.7. The van der Waals surface area contributed by atoms with Crippen LogP contribution in [0.1, 0.15) is 67.5 Å². The summed E-state index contributed by atoms with van der Waals surface area (Å²) in [5, 5.41) is 12.7. The number of aliphatic hydroxyl groups excluding tert-OH is 1. The van der Waals surface area contributed by atoms with Crippen molar-refractivity contribution in [2.45, 2.75) is 70.8 Å². The highest BCUT2D eigenvalue weighted by Crippen LogP contribution is 2.28. The molecule has 0 saturated heterocycles. The minimum absolute atomic E-state index is 0.0928. The number of hydrogen-bond acceptors (Lipinski definition) is 8. The van der Waals surface area contributed by atoms with Crippen molar-refractivity contribution in [1.82, 2.24) is 15.8 Å². The highest BCUT2D eigenvalue weighted by atomic mass is 32.1. The third kappa shape index (κ3) is 9.12. The van der Waals surface area contributed by atoms with E-state index in [9.17, 15) is 14.7 Å². The summed E-state index contributed by atoms with van der Waals surface area (Å²) in [7, 11) is 1.48. The summed E-state index contributed by atoms with van der Waals surface area (Å²) in [5.74, 6) is 0.0840. The molecule has 2 aromatic rings. The van der Waals surface area contributed by atoms with Crippen LogP contribution in [-0.2, 0) is 29.0 Å². The first-order valence-electron chi connectivity index (χ1n) is 12.3. The molecule has 0 aliphatic heterocycles. The van der Waals surface area contributed by atoms with E-state index in [1.807, 2.05) is 0 Å². The molecule has 1 aromatic heterocycles. The topological polar surface area (TPSA) is 122 Å². The van der Waals surface area contributed by atoms with E-state index in [-0.39, 0.29) is 25.7 Å². The van der Waals surface area contributed by atoms with Gasteiger partial charge >= 0.3 is 0 Å². The normalized spacial score (nSPS) is 14.7. The lowest BCUT2D eigenvalue weighted by Crippen LogP contribution is -2.44. The summed E-state index contributed by atoms with van der Waals surface area (Å²) < 4.78 is 10.7. The fourth-order valence-electron chi connectivity index (χ4n) is 3.96. The molecule has 1 heterocycles. The predicted octanol–water partition coefficient (Wildman–Crippen LogP) is 3.50. The molecule has 4 N–H and O–H groups in total. The average Bonchev–Trinajstić information content (AvgIpc) is 3.23. The van der Waals surface area contributed by atoms with E-state index >= 15 is 0 Å². The maximum Gasteiger partial charge on any atom is 0.272 e. The number of amides is 2. The Morgan fingerprint density at radius 1 is 1.00 bits per heavy atom. The minimum atomic E-state index is -0.442. The van der Waals surface area contributed by atoms with Gasteiger partial charge in [-0.1, -0.05) is 44.6 Å². The lowest BCUT2D eigenvalue weighted by atomic mass is 10.0. The van der Waals surface area contributed by atoms with Crippen LogP contribution < -0.4 is 25.6 Å². The van der Waals surface area contributed by atoms with E-state index in [1.54, 1.807) is 29.5 Å². The maximum atomic E-state index is 12.3. The van der Waals surface area contributed by atoms with Crippen LogP contribution in [0.15, 0.2) is 18.2 Å². The molecule has 0 spiro atoms. The SMILES string of the molecule is COc1cc(CO)ccc1OCC(=O)NNCC(=O)Nc1nc2c(s1)CCCCCCCCCC2. The standard InChI is InChI=1S/C25H36N4O5S/c1-33-21-14-18(16-30)12-13-20(21)34-17-24(32)29-26-15-23(31)28-25-27-19-10-8-6-4-2-3-5-7-9-11-22(19)35-25/h12-14,26,30H,2-11,15-17H2,1H3,(H,29,32)(H,27,28,31). The molecule has 0 radical (unpaired) electrons. The van der Waals surface area contributed by atoms with Gasteiger partial charge in [0.1, 0.15) is 0 Å². The molecule has 1 aliphatic carbocycles. The zero-order valence-electron chi connectivity index (χ0n) is 20.4. The third-order valence-electron chi connectivity index (χ3n) is 5.84. The first-order chi connectivity index (χ1) is 17.1. The van der Waals surface area contributed by atoms with Gasteiger partial charge in [0.25, 0.3) is 5.91 Å². The Kier molecular flexibility index (Phi) is 11.3. The summed E-state index contributed by atoms with van der Waals surface area (Å²) in [4.78, 5) is 30.4. The molecule has 9 nitrogen and oxygen atoms in total. The average molecular weight is 505 g/mol. The fraction of sp³-hybridized carbons (Fsp3) is 0.560. The number of fused-ring (bicyclic) bond motifs is 1. The van der Waals surface area contributed by atoms with Crippen molar-refractivity contribution in [2.24, 2.45) is 0 Å². The number of hydrazine groups is 1. The van der Waals surface area contributed by atoms with Gasteiger partial charge in [-0.15, -0.1) is 11.3 Å². The Morgan fingerprint density at radius 3 is 2.43 bits per heavy atom. The van der Waals surface area contributed by atoms with Crippen molar-refractivity contribution in [3.05, 3.63) is 34.3 Å². The fourth-order valence-corrected chi connectivity index (χ4v) is 5.03. The van der Waals surface area contributed by atoms with Crippen molar-refractivity contribution < 1.29 is 24.2 Å². The molecular formula is C25H36N4O5S. The van der Waals surface area contributed by atoms with Gasteiger partial charge < -0.3 is 19.9 Å². The molecule has 192 valence electrons. The summed E-state index contributed by atoms with van der Waals surface area (Å²) in [6, 6.07) is 4.95. The van der Waals surface area contributed by atoms with E-state index in [0.29, 0.717) is 22.2 Å². The lowest BCUT2D eigenvalue weighted by molar-refractivity contribution is -0.124. The number of aliphatic hydroxyl groups is 1. The molecule has 1 aliphatic rings. The van der Waals surface area contributed by atoms with Gasteiger partial charge in [-0.2, -0.15) is 0 Å². The second-order valence-electron chi connectivity index (χ2n) is 8.60. The molecule has 2 amide bonds. The van der Waals surface area contributed by atoms with E-state index < -0.39 is 5.91 Å². The maximum absolute atomic E-state index is 12.3. The van der Waals surface area contributed by atoms with E-state index in [0.717, 1.165) is 31.4 Å². The Bertz CT molecular complexity index is 936. The monoisotopic (exact) mass is 504 g/mol.